The second-order valence-electron chi connectivity index (χ2n) is 4.75. The van der Waals surface area contributed by atoms with Crippen LogP contribution in [-0.4, -0.2) is 26.7 Å². The molecule has 0 fully saturated rings. The number of nitrogens with one attached hydrogen (secondary N) is 1. The molecule has 0 amide bonds. The summed E-state index contributed by atoms with van der Waals surface area (Å²) in [6, 6.07) is 6.72. The van der Waals surface area contributed by atoms with Crippen LogP contribution in [0.25, 0.3) is 16.7 Å². The fourth-order valence-electron chi connectivity index (χ4n) is 2.23. The molecule has 0 saturated carbocycles. The molecule has 0 aliphatic heterocycles. The lowest BCUT2D eigenvalue weighted by molar-refractivity contribution is -0.274. The van der Waals surface area contributed by atoms with Gasteiger partial charge < -0.3 is 9.72 Å². The van der Waals surface area contributed by atoms with Crippen molar-refractivity contribution in [3.63, 3.8) is 0 Å². The number of hydrogen-bond donors (Lipinski definition) is 1. The van der Waals surface area contributed by atoms with Gasteiger partial charge in [-0.3, -0.25) is 9.36 Å². The second-order valence-corrected chi connectivity index (χ2v) is 5.98. The molecule has 0 atom stereocenters. The van der Waals surface area contributed by atoms with E-state index in [0.29, 0.717) is 27.6 Å². The van der Waals surface area contributed by atoms with Gasteiger partial charge in [0.05, 0.1) is 11.1 Å². The van der Waals surface area contributed by atoms with Gasteiger partial charge in [0.15, 0.2) is 5.16 Å². The minimum Gasteiger partial charge on any atom is -0.406 e. The predicted octanol–water partition coefficient (Wildman–Crippen LogP) is 3.72. The minimum atomic E-state index is -4.76. The van der Waals surface area contributed by atoms with Gasteiger partial charge in [0.1, 0.15) is 11.4 Å². The Balaban J connectivity index is 2.09. The molecule has 0 radical (unpaired) electrons. The van der Waals surface area contributed by atoms with E-state index in [0.717, 1.165) is 12.1 Å². The van der Waals surface area contributed by atoms with Gasteiger partial charge in [-0.05, 0) is 36.1 Å². The lowest BCUT2D eigenvalue weighted by Crippen LogP contribution is -2.21. The smallest absolute Gasteiger partial charge is 0.406 e. The maximum Gasteiger partial charge on any atom is 0.573 e. The first-order chi connectivity index (χ1) is 11.4. The molecule has 0 unspecified atom stereocenters. The summed E-state index contributed by atoms with van der Waals surface area (Å²) in [5, 5.41) is 0.869. The Labute approximate surface area is 138 Å². The molecule has 1 aromatic carbocycles. The first-order valence-electron chi connectivity index (χ1n) is 6.98. The van der Waals surface area contributed by atoms with Gasteiger partial charge in [-0.1, -0.05) is 18.7 Å². The van der Waals surface area contributed by atoms with E-state index in [-0.39, 0.29) is 11.3 Å². The minimum absolute atomic E-state index is 0.290. The fourth-order valence-corrected chi connectivity index (χ4v) is 2.96. The molecule has 3 aromatic rings. The number of nitrogens with zero attached hydrogens (tertiary/aromatic N) is 2. The monoisotopic (exact) mass is 355 g/mol. The number of alkyl halides is 3. The van der Waals surface area contributed by atoms with Crippen molar-refractivity contribution >= 4 is 22.8 Å². The number of benzene rings is 1. The maximum atomic E-state index is 12.7. The van der Waals surface area contributed by atoms with Crippen LogP contribution in [0.2, 0.25) is 0 Å². The van der Waals surface area contributed by atoms with Crippen molar-refractivity contribution < 1.29 is 17.9 Å². The Morgan fingerprint density at radius 3 is 2.58 bits per heavy atom. The molecule has 1 N–H and O–H groups in total. The molecule has 0 aliphatic rings. The molecule has 0 saturated heterocycles. The zero-order valence-electron chi connectivity index (χ0n) is 12.4. The molecule has 126 valence electrons. The van der Waals surface area contributed by atoms with Gasteiger partial charge in [-0.25, -0.2) is 4.98 Å². The van der Waals surface area contributed by atoms with Crippen molar-refractivity contribution in [2.75, 3.05) is 5.75 Å². The fraction of sp³-hybridized carbons (Fsp3) is 0.200. The van der Waals surface area contributed by atoms with E-state index in [2.05, 4.69) is 14.7 Å². The lowest BCUT2D eigenvalue weighted by Gasteiger charge is -2.13. The average Bonchev–Trinajstić information content (AvgIpc) is 2.96. The van der Waals surface area contributed by atoms with E-state index >= 15 is 0 Å². The maximum absolute atomic E-state index is 12.7. The van der Waals surface area contributed by atoms with Crippen LogP contribution in [0.3, 0.4) is 0 Å². The normalized spacial score (nSPS) is 11.8. The van der Waals surface area contributed by atoms with Crippen LogP contribution in [0.1, 0.15) is 6.92 Å². The second kappa shape index (κ2) is 6.23. The third-order valence-electron chi connectivity index (χ3n) is 3.16. The van der Waals surface area contributed by atoms with Crippen molar-refractivity contribution in [2.45, 2.75) is 18.4 Å². The number of fused-ring (bicyclic) bond motifs is 1. The summed E-state index contributed by atoms with van der Waals surface area (Å²) in [6.45, 7) is 1.92. The number of hydrogen-bond acceptors (Lipinski definition) is 4. The molecular formula is C15H12F3N3O2S. The van der Waals surface area contributed by atoms with E-state index in [1.165, 1.54) is 28.5 Å². The summed E-state index contributed by atoms with van der Waals surface area (Å²) >= 11 is 1.36. The van der Waals surface area contributed by atoms with E-state index in [4.69, 9.17) is 0 Å². The van der Waals surface area contributed by atoms with Crippen molar-refractivity contribution in [2.24, 2.45) is 0 Å². The Bertz CT molecular complexity index is 916. The van der Waals surface area contributed by atoms with Gasteiger partial charge in [0.25, 0.3) is 5.56 Å². The molecular weight excluding hydrogens is 343 g/mol. The van der Waals surface area contributed by atoms with Crippen molar-refractivity contribution in [3.8, 4) is 11.4 Å². The summed E-state index contributed by atoms with van der Waals surface area (Å²) in [5.41, 5.74) is 0.604. The summed E-state index contributed by atoms with van der Waals surface area (Å²) < 4.78 is 41.9. The van der Waals surface area contributed by atoms with Crippen LogP contribution in [0.15, 0.2) is 46.5 Å². The van der Waals surface area contributed by atoms with Crippen LogP contribution in [-0.2, 0) is 0 Å². The number of aromatic nitrogens is 3. The number of thioether (sulfide) groups is 1. The zero-order valence-corrected chi connectivity index (χ0v) is 13.2. The molecule has 2 aromatic heterocycles. The SMILES string of the molecule is CCSc1nc2[nH]ccc2c(=O)n1-c1ccc(OC(F)(F)F)cc1. The molecule has 0 spiro atoms. The van der Waals surface area contributed by atoms with Crippen LogP contribution in [0.5, 0.6) is 5.75 Å². The summed E-state index contributed by atoms with van der Waals surface area (Å²) in [4.78, 5) is 20.0. The Kier molecular flexibility index (Phi) is 4.27. The van der Waals surface area contributed by atoms with E-state index in [1.54, 1.807) is 12.3 Å². The predicted molar refractivity (Wildman–Crippen MR) is 84.8 cm³/mol. The Morgan fingerprint density at radius 1 is 1.25 bits per heavy atom. The quantitative estimate of drug-likeness (QED) is 0.572. The van der Waals surface area contributed by atoms with E-state index in [1.807, 2.05) is 6.92 Å². The van der Waals surface area contributed by atoms with Gasteiger partial charge >= 0.3 is 6.36 Å². The summed E-state index contributed by atoms with van der Waals surface area (Å²) in [7, 11) is 0. The van der Waals surface area contributed by atoms with E-state index < -0.39 is 6.36 Å². The van der Waals surface area contributed by atoms with Crippen LogP contribution < -0.4 is 10.3 Å². The molecule has 2 heterocycles. The molecule has 0 aliphatic carbocycles. The topological polar surface area (TPSA) is 59.9 Å². The lowest BCUT2D eigenvalue weighted by atomic mass is 10.3. The molecule has 24 heavy (non-hydrogen) atoms. The number of halogens is 3. The van der Waals surface area contributed by atoms with Crippen LogP contribution >= 0.6 is 11.8 Å². The van der Waals surface area contributed by atoms with Crippen molar-refractivity contribution in [1.82, 2.24) is 14.5 Å². The number of H-pyrrole nitrogens is 1. The highest BCUT2D eigenvalue weighted by molar-refractivity contribution is 7.99. The first kappa shape index (κ1) is 16.4. The molecule has 3 rings (SSSR count). The van der Waals surface area contributed by atoms with Crippen molar-refractivity contribution in [3.05, 3.63) is 46.9 Å². The number of rotatable bonds is 4. The van der Waals surface area contributed by atoms with E-state index in [9.17, 15) is 18.0 Å². The van der Waals surface area contributed by atoms with Gasteiger partial charge in [0, 0.05) is 6.20 Å². The number of aromatic amines is 1. The third-order valence-corrected chi connectivity index (χ3v) is 3.98. The van der Waals surface area contributed by atoms with Gasteiger partial charge in [-0.2, -0.15) is 0 Å². The Morgan fingerprint density at radius 2 is 1.96 bits per heavy atom. The highest BCUT2D eigenvalue weighted by Gasteiger charge is 2.31. The summed E-state index contributed by atoms with van der Waals surface area (Å²) in [5.74, 6) is 0.341. The van der Waals surface area contributed by atoms with Gasteiger partial charge in [-0.15, -0.1) is 13.2 Å². The molecule has 9 heteroatoms. The largest absolute Gasteiger partial charge is 0.573 e. The van der Waals surface area contributed by atoms with Crippen LogP contribution in [0, 0.1) is 0 Å². The molecule has 5 nitrogen and oxygen atoms in total. The zero-order chi connectivity index (χ0) is 17.3. The standard InChI is InChI=1S/C15H12F3N3O2S/c1-2-24-14-20-12-11(7-8-19-12)13(22)21(14)9-3-5-10(6-4-9)23-15(16,17)18/h3-8,19H,2H2,1H3. The average molecular weight is 355 g/mol. The van der Waals surface area contributed by atoms with Crippen molar-refractivity contribution in [1.29, 1.82) is 0 Å². The first-order valence-corrected chi connectivity index (χ1v) is 7.96. The van der Waals surface area contributed by atoms with Gasteiger partial charge in [0.2, 0.25) is 0 Å². The number of ether oxygens (including phenoxy) is 1. The summed E-state index contributed by atoms with van der Waals surface area (Å²) in [6.07, 6.45) is -3.14. The highest BCUT2D eigenvalue weighted by Crippen LogP contribution is 2.25. The van der Waals surface area contributed by atoms with Crippen LogP contribution in [0.4, 0.5) is 13.2 Å². The Hall–Kier alpha value is -2.42. The third kappa shape index (κ3) is 3.25. The molecule has 0 bridgehead atoms. The highest BCUT2D eigenvalue weighted by atomic mass is 32.2.